The summed E-state index contributed by atoms with van der Waals surface area (Å²) in [7, 11) is 0. The van der Waals surface area contributed by atoms with E-state index in [4.69, 9.17) is 5.73 Å². The maximum absolute atomic E-state index is 5.78. The van der Waals surface area contributed by atoms with Crippen molar-refractivity contribution in [1.29, 1.82) is 0 Å². The zero-order valence-electron chi connectivity index (χ0n) is 14.2. The molecule has 5 heteroatoms. The number of benzene rings is 1. The Morgan fingerprint density at radius 3 is 2.56 bits per heavy atom. The van der Waals surface area contributed by atoms with E-state index in [1.807, 2.05) is 24.4 Å². The first-order chi connectivity index (χ1) is 12.3. The highest BCUT2D eigenvalue weighted by atomic mass is 15.1. The van der Waals surface area contributed by atoms with Crippen molar-refractivity contribution < 1.29 is 0 Å². The molecule has 128 valence electrons. The smallest absolute Gasteiger partial charge is 0.124 e. The highest BCUT2D eigenvalue weighted by molar-refractivity contribution is 5.61. The summed E-state index contributed by atoms with van der Waals surface area (Å²) in [6.45, 7) is 3.18. The monoisotopic (exact) mass is 333 g/mol. The van der Waals surface area contributed by atoms with Crippen LogP contribution in [0.25, 0.3) is 11.3 Å². The molecule has 3 N–H and O–H groups in total. The second kappa shape index (κ2) is 7.07. The molecule has 1 aliphatic rings. The summed E-state index contributed by atoms with van der Waals surface area (Å²) in [6.07, 6.45) is 6.12. The number of hydrogen-bond donors (Lipinski definition) is 2. The standard InChI is InChI=1S/C20H23N5/c21-20-3-1-2-19(24-20)17-6-4-15(5-7-17)16-8-10-25(11-9-16)13-18-12-22-14-23-18/h1-7,12,14,16H,8-11,13H2,(H2,21,24)(H,22,23). The lowest BCUT2D eigenvalue weighted by atomic mass is 9.88. The molecule has 0 saturated carbocycles. The first-order valence-corrected chi connectivity index (χ1v) is 8.81. The van der Waals surface area contributed by atoms with Crippen molar-refractivity contribution >= 4 is 5.82 Å². The lowest BCUT2D eigenvalue weighted by Crippen LogP contribution is -2.32. The fourth-order valence-electron chi connectivity index (χ4n) is 3.57. The molecule has 0 spiro atoms. The van der Waals surface area contributed by atoms with Crippen LogP contribution in [-0.4, -0.2) is 32.9 Å². The molecule has 25 heavy (non-hydrogen) atoms. The molecule has 1 fully saturated rings. The quantitative estimate of drug-likeness (QED) is 0.767. The summed E-state index contributed by atoms with van der Waals surface area (Å²) in [4.78, 5) is 14.2. The Hall–Kier alpha value is -2.66. The molecule has 1 aromatic carbocycles. The maximum Gasteiger partial charge on any atom is 0.124 e. The molecular formula is C20H23N5. The summed E-state index contributed by atoms with van der Waals surface area (Å²) in [5.41, 5.74) is 10.4. The van der Waals surface area contributed by atoms with E-state index < -0.39 is 0 Å². The van der Waals surface area contributed by atoms with Gasteiger partial charge in [-0.05, 0) is 49.5 Å². The molecule has 3 aromatic rings. The largest absolute Gasteiger partial charge is 0.384 e. The summed E-state index contributed by atoms with van der Waals surface area (Å²) in [6, 6.07) is 14.6. The molecule has 0 atom stereocenters. The topological polar surface area (TPSA) is 70.8 Å². The van der Waals surface area contributed by atoms with Gasteiger partial charge < -0.3 is 10.7 Å². The number of likely N-dealkylation sites (tertiary alicyclic amines) is 1. The molecule has 3 heterocycles. The number of aromatic nitrogens is 3. The third-order valence-corrected chi connectivity index (χ3v) is 4.98. The Morgan fingerprint density at radius 1 is 1.08 bits per heavy atom. The summed E-state index contributed by atoms with van der Waals surface area (Å²) in [5, 5.41) is 0. The van der Waals surface area contributed by atoms with Gasteiger partial charge in [0.15, 0.2) is 0 Å². The van der Waals surface area contributed by atoms with Gasteiger partial charge in [-0.2, -0.15) is 0 Å². The van der Waals surface area contributed by atoms with Gasteiger partial charge in [0.05, 0.1) is 17.7 Å². The van der Waals surface area contributed by atoms with Gasteiger partial charge in [-0.3, -0.25) is 4.90 Å². The van der Waals surface area contributed by atoms with Gasteiger partial charge >= 0.3 is 0 Å². The van der Waals surface area contributed by atoms with Gasteiger partial charge in [-0.1, -0.05) is 30.3 Å². The van der Waals surface area contributed by atoms with Crippen molar-refractivity contribution in [2.24, 2.45) is 0 Å². The summed E-state index contributed by atoms with van der Waals surface area (Å²) in [5.74, 6) is 1.20. The number of hydrogen-bond acceptors (Lipinski definition) is 4. The fourth-order valence-corrected chi connectivity index (χ4v) is 3.57. The first-order valence-electron chi connectivity index (χ1n) is 8.81. The second-order valence-electron chi connectivity index (χ2n) is 6.68. The number of aromatic amines is 1. The average Bonchev–Trinajstić information content (AvgIpc) is 3.16. The Labute approximate surface area is 147 Å². The van der Waals surface area contributed by atoms with Crippen molar-refractivity contribution in [3.05, 3.63) is 66.2 Å². The van der Waals surface area contributed by atoms with Gasteiger partial charge in [0, 0.05) is 18.3 Å². The van der Waals surface area contributed by atoms with Crippen molar-refractivity contribution in [1.82, 2.24) is 19.9 Å². The number of imidazole rings is 1. The molecule has 0 radical (unpaired) electrons. The van der Waals surface area contributed by atoms with E-state index in [2.05, 4.69) is 44.1 Å². The second-order valence-corrected chi connectivity index (χ2v) is 6.68. The van der Waals surface area contributed by atoms with Crippen LogP contribution in [0.5, 0.6) is 0 Å². The minimum atomic E-state index is 0.561. The van der Waals surface area contributed by atoms with E-state index >= 15 is 0 Å². The highest BCUT2D eigenvalue weighted by Gasteiger charge is 2.21. The van der Waals surface area contributed by atoms with Crippen LogP contribution in [0.2, 0.25) is 0 Å². The molecule has 0 unspecified atom stereocenters. The number of anilines is 1. The van der Waals surface area contributed by atoms with Crippen LogP contribution in [0.15, 0.2) is 55.0 Å². The molecule has 2 aromatic heterocycles. The third kappa shape index (κ3) is 3.72. The molecular weight excluding hydrogens is 310 g/mol. The maximum atomic E-state index is 5.78. The molecule has 0 aliphatic carbocycles. The van der Waals surface area contributed by atoms with Gasteiger partial charge in [0.25, 0.3) is 0 Å². The Morgan fingerprint density at radius 2 is 1.88 bits per heavy atom. The SMILES string of the molecule is Nc1cccc(-c2ccc(C3CCN(Cc4c[nH]cn4)CC3)cc2)n1. The van der Waals surface area contributed by atoms with E-state index in [9.17, 15) is 0 Å². The normalized spacial score (nSPS) is 16.2. The number of rotatable bonds is 4. The van der Waals surface area contributed by atoms with E-state index in [1.165, 1.54) is 18.4 Å². The van der Waals surface area contributed by atoms with Crippen LogP contribution in [0.4, 0.5) is 5.82 Å². The third-order valence-electron chi connectivity index (χ3n) is 4.98. The van der Waals surface area contributed by atoms with Crippen LogP contribution in [0, 0.1) is 0 Å². The number of nitrogens with zero attached hydrogens (tertiary/aromatic N) is 3. The molecule has 0 amide bonds. The zero-order chi connectivity index (χ0) is 17.1. The van der Waals surface area contributed by atoms with Crippen molar-refractivity contribution in [2.75, 3.05) is 18.8 Å². The Kier molecular flexibility index (Phi) is 4.48. The molecule has 4 rings (SSSR count). The number of H-pyrrole nitrogens is 1. The van der Waals surface area contributed by atoms with Crippen LogP contribution >= 0.6 is 0 Å². The average molecular weight is 333 g/mol. The predicted octanol–water partition coefficient (Wildman–Crippen LogP) is 3.43. The van der Waals surface area contributed by atoms with Gasteiger partial charge in [-0.25, -0.2) is 9.97 Å². The Balaban J connectivity index is 1.38. The number of piperidine rings is 1. The zero-order valence-corrected chi connectivity index (χ0v) is 14.2. The highest BCUT2D eigenvalue weighted by Crippen LogP contribution is 2.30. The Bertz CT molecular complexity index is 802. The first kappa shape index (κ1) is 15.8. The molecule has 1 saturated heterocycles. The molecule has 5 nitrogen and oxygen atoms in total. The minimum absolute atomic E-state index is 0.561. The van der Waals surface area contributed by atoms with Crippen LogP contribution in [0.3, 0.4) is 0 Å². The number of pyridine rings is 1. The van der Waals surface area contributed by atoms with Crippen molar-refractivity contribution in [2.45, 2.75) is 25.3 Å². The van der Waals surface area contributed by atoms with Gasteiger partial charge in [0.1, 0.15) is 5.82 Å². The van der Waals surface area contributed by atoms with Crippen LogP contribution in [0.1, 0.15) is 30.0 Å². The number of nitrogen functional groups attached to an aromatic ring is 1. The number of nitrogens with one attached hydrogen (secondary N) is 1. The number of nitrogens with two attached hydrogens (primary N) is 1. The van der Waals surface area contributed by atoms with E-state index in [0.29, 0.717) is 11.7 Å². The van der Waals surface area contributed by atoms with Gasteiger partial charge in [0.2, 0.25) is 0 Å². The van der Waals surface area contributed by atoms with Crippen molar-refractivity contribution in [3.63, 3.8) is 0 Å². The lowest BCUT2D eigenvalue weighted by Gasteiger charge is -2.31. The van der Waals surface area contributed by atoms with Crippen molar-refractivity contribution in [3.8, 4) is 11.3 Å². The van der Waals surface area contributed by atoms with E-state index in [1.54, 1.807) is 6.33 Å². The predicted molar refractivity (Wildman–Crippen MR) is 99.9 cm³/mol. The lowest BCUT2D eigenvalue weighted by molar-refractivity contribution is 0.203. The summed E-state index contributed by atoms with van der Waals surface area (Å²) >= 11 is 0. The van der Waals surface area contributed by atoms with Gasteiger partial charge in [-0.15, -0.1) is 0 Å². The minimum Gasteiger partial charge on any atom is -0.384 e. The fraction of sp³-hybridized carbons (Fsp3) is 0.300. The van der Waals surface area contributed by atoms with E-state index in [-0.39, 0.29) is 0 Å². The van der Waals surface area contributed by atoms with Crippen LogP contribution in [-0.2, 0) is 6.54 Å². The van der Waals surface area contributed by atoms with E-state index in [0.717, 1.165) is 36.6 Å². The van der Waals surface area contributed by atoms with Crippen LogP contribution < -0.4 is 5.73 Å². The summed E-state index contributed by atoms with van der Waals surface area (Å²) < 4.78 is 0. The molecule has 1 aliphatic heterocycles. The molecule has 0 bridgehead atoms.